The highest BCUT2D eigenvalue weighted by molar-refractivity contribution is 6.60. The Bertz CT molecular complexity index is 1760. The van der Waals surface area contributed by atoms with Crippen molar-refractivity contribution in [1.82, 2.24) is 30.8 Å². The van der Waals surface area contributed by atoms with Crippen LogP contribution in [0.4, 0.5) is 0 Å². The Hall–Kier alpha value is -4.52. The van der Waals surface area contributed by atoms with Gasteiger partial charge in [-0.05, 0) is 34.0 Å². The quantitative estimate of drug-likeness (QED) is 0.139. The standard InChI is InChI=1S/C34H36BN6/c1-7-11-18-24(15-8-2)33(5,9-3)26-21-22-28(32-30(26)37-41-39-32)35-34(6,10-4)27-20-19-25(23-16-13-12-14-17-23)29-31(27)38-40-36-29/h7-8,11-22H,1-2,9-10H2,3-6H3,(H,36,38,40)(H,37,39,41)/b18-11-,24-15+. The molecule has 2 N–H and O–H groups in total. The molecular formula is C34H36BN6. The van der Waals surface area contributed by atoms with Crippen LogP contribution < -0.4 is 5.46 Å². The predicted molar refractivity (Wildman–Crippen MR) is 172 cm³/mol. The van der Waals surface area contributed by atoms with E-state index >= 15 is 0 Å². The summed E-state index contributed by atoms with van der Waals surface area (Å²) in [6.45, 7) is 16.7. The predicted octanol–water partition coefficient (Wildman–Crippen LogP) is 7.07. The van der Waals surface area contributed by atoms with Gasteiger partial charge in [0.05, 0.1) is 0 Å². The van der Waals surface area contributed by atoms with E-state index in [9.17, 15) is 0 Å². The fraction of sp³-hybridized carbons (Fsp3) is 0.235. The minimum absolute atomic E-state index is 0.296. The van der Waals surface area contributed by atoms with Crippen molar-refractivity contribution in [2.45, 2.75) is 51.3 Å². The zero-order valence-electron chi connectivity index (χ0n) is 24.3. The number of hydrogen-bond donors (Lipinski definition) is 2. The average Bonchev–Trinajstić information content (AvgIpc) is 3.70. The molecule has 41 heavy (non-hydrogen) atoms. The number of fused-ring (bicyclic) bond motifs is 2. The van der Waals surface area contributed by atoms with Crippen LogP contribution in [-0.2, 0) is 10.7 Å². The molecule has 0 saturated carbocycles. The van der Waals surface area contributed by atoms with Crippen LogP contribution in [0.25, 0.3) is 33.2 Å². The highest BCUT2D eigenvalue weighted by Gasteiger charge is 2.34. The molecule has 5 aromatic rings. The van der Waals surface area contributed by atoms with Crippen LogP contribution in [0.3, 0.4) is 0 Å². The lowest BCUT2D eigenvalue weighted by atomic mass is 9.45. The molecule has 0 aliphatic heterocycles. The van der Waals surface area contributed by atoms with Crippen LogP contribution in [0.2, 0.25) is 0 Å². The van der Waals surface area contributed by atoms with Gasteiger partial charge in [-0.3, -0.25) is 0 Å². The zero-order chi connectivity index (χ0) is 29.0. The Morgan fingerprint density at radius 3 is 2.10 bits per heavy atom. The number of rotatable bonds is 11. The molecule has 6 nitrogen and oxygen atoms in total. The third kappa shape index (κ3) is 4.97. The second-order valence-electron chi connectivity index (χ2n) is 10.8. The maximum Gasteiger partial charge on any atom is 0.167 e. The summed E-state index contributed by atoms with van der Waals surface area (Å²) >= 11 is 0. The first kappa shape index (κ1) is 28.0. The van der Waals surface area contributed by atoms with E-state index in [-0.39, 0.29) is 10.7 Å². The number of nitrogens with zero attached hydrogens (tertiary/aromatic N) is 4. The van der Waals surface area contributed by atoms with Gasteiger partial charge in [-0.1, -0.05) is 138 Å². The van der Waals surface area contributed by atoms with E-state index in [0.29, 0.717) is 0 Å². The number of benzene rings is 3. The molecule has 2 aromatic heterocycles. The molecule has 7 heteroatoms. The number of H-pyrrole nitrogens is 2. The summed E-state index contributed by atoms with van der Waals surface area (Å²) in [6, 6.07) is 19.0. The van der Waals surface area contributed by atoms with Gasteiger partial charge in [-0.2, -0.15) is 30.8 Å². The van der Waals surface area contributed by atoms with Crippen LogP contribution in [0.15, 0.2) is 104 Å². The van der Waals surface area contributed by atoms with Crippen LogP contribution in [0, 0.1) is 0 Å². The van der Waals surface area contributed by atoms with E-state index < -0.39 is 0 Å². The highest BCUT2D eigenvalue weighted by Crippen LogP contribution is 2.40. The molecule has 5 rings (SSSR count). The fourth-order valence-electron chi connectivity index (χ4n) is 5.74. The Morgan fingerprint density at radius 2 is 1.44 bits per heavy atom. The monoisotopic (exact) mass is 539 g/mol. The fourth-order valence-corrected chi connectivity index (χ4v) is 5.74. The largest absolute Gasteiger partial charge is 0.197 e. The van der Waals surface area contributed by atoms with Crippen LogP contribution >= 0.6 is 0 Å². The Kier molecular flexibility index (Phi) is 7.89. The average molecular weight is 540 g/mol. The number of nitrogens with one attached hydrogen (secondary N) is 2. The van der Waals surface area contributed by atoms with Gasteiger partial charge in [0.25, 0.3) is 0 Å². The van der Waals surface area contributed by atoms with Gasteiger partial charge in [0, 0.05) is 11.0 Å². The van der Waals surface area contributed by atoms with E-state index in [1.807, 2.05) is 30.4 Å². The van der Waals surface area contributed by atoms with Crippen LogP contribution in [0.5, 0.6) is 0 Å². The molecule has 2 unspecified atom stereocenters. The third-order valence-corrected chi connectivity index (χ3v) is 8.54. The first-order chi connectivity index (χ1) is 19.9. The third-order valence-electron chi connectivity index (χ3n) is 8.54. The van der Waals surface area contributed by atoms with Crippen molar-refractivity contribution in [3.63, 3.8) is 0 Å². The number of allylic oxidation sites excluding steroid dienone is 6. The van der Waals surface area contributed by atoms with E-state index in [4.69, 9.17) is 0 Å². The summed E-state index contributed by atoms with van der Waals surface area (Å²) < 4.78 is 0. The van der Waals surface area contributed by atoms with Crippen molar-refractivity contribution >= 4 is 34.8 Å². The van der Waals surface area contributed by atoms with E-state index in [1.165, 1.54) is 0 Å². The maximum absolute atomic E-state index is 4.65. The van der Waals surface area contributed by atoms with Gasteiger partial charge in [-0.25, -0.2) is 0 Å². The minimum atomic E-state index is -0.327. The van der Waals surface area contributed by atoms with Crippen molar-refractivity contribution in [3.05, 3.63) is 115 Å². The Morgan fingerprint density at radius 1 is 0.780 bits per heavy atom. The molecule has 2 heterocycles. The zero-order valence-corrected chi connectivity index (χ0v) is 24.3. The molecular weight excluding hydrogens is 503 g/mol. The Balaban J connectivity index is 1.59. The van der Waals surface area contributed by atoms with Crippen molar-refractivity contribution < 1.29 is 0 Å². The molecule has 0 fully saturated rings. The molecule has 205 valence electrons. The smallest absolute Gasteiger partial charge is 0.167 e. The summed E-state index contributed by atoms with van der Waals surface area (Å²) in [5.74, 6) is 0. The van der Waals surface area contributed by atoms with Gasteiger partial charge in [0.2, 0.25) is 0 Å². The number of aromatic nitrogens is 6. The molecule has 3 aromatic carbocycles. The van der Waals surface area contributed by atoms with Gasteiger partial charge in [0.15, 0.2) is 7.28 Å². The first-order valence-corrected chi connectivity index (χ1v) is 14.1. The van der Waals surface area contributed by atoms with Crippen molar-refractivity contribution in [3.8, 4) is 11.1 Å². The van der Waals surface area contributed by atoms with Gasteiger partial charge < -0.3 is 0 Å². The van der Waals surface area contributed by atoms with Crippen LogP contribution in [-0.4, -0.2) is 38.1 Å². The second-order valence-corrected chi connectivity index (χ2v) is 10.8. The van der Waals surface area contributed by atoms with E-state index in [2.05, 4.69) is 128 Å². The van der Waals surface area contributed by atoms with Gasteiger partial charge in [-0.15, -0.1) is 0 Å². The van der Waals surface area contributed by atoms with E-state index in [0.717, 1.165) is 68.2 Å². The topological polar surface area (TPSA) is 83.1 Å². The van der Waals surface area contributed by atoms with Crippen LogP contribution in [0.1, 0.15) is 51.7 Å². The lowest BCUT2D eigenvalue weighted by Crippen LogP contribution is -2.38. The minimum Gasteiger partial charge on any atom is -0.197 e. The highest BCUT2D eigenvalue weighted by atomic mass is 15.3. The lowest BCUT2D eigenvalue weighted by molar-refractivity contribution is 0.552. The summed E-state index contributed by atoms with van der Waals surface area (Å²) in [7, 11) is 2.30. The van der Waals surface area contributed by atoms with Gasteiger partial charge in [0.1, 0.15) is 22.1 Å². The first-order valence-electron chi connectivity index (χ1n) is 14.1. The van der Waals surface area contributed by atoms with Crippen molar-refractivity contribution in [2.75, 3.05) is 0 Å². The molecule has 1 radical (unpaired) electrons. The van der Waals surface area contributed by atoms with E-state index in [1.54, 1.807) is 6.08 Å². The molecule has 0 amide bonds. The van der Waals surface area contributed by atoms with Gasteiger partial charge >= 0.3 is 0 Å². The molecule has 2 atom stereocenters. The maximum atomic E-state index is 4.65. The summed E-state index contributed by atoms with van der Waals surface area (Å²) in [5, 5.41) is 23.9. The molecule has 0 spiro atoms. The molecule has 0 aliphatic carbocycles. The Labute approximate surface area is 242 Å². The molecule has 0 aliphatic rings. The normalized spacial score (nSPS) is 15.2. The van der Waals surface area contributed by atoms with Crippen molar-refractivity contribution in [2.24, 2.45) is 0 Å². The van der Waals surface area contributed by atoms with Crippen molar-refractivity contribution in [1.29, 1.82) is 0 Å². The summed E-state index contributed by atoms with van der Waals surface area (Å²) in [6.07, 6.45) is 11.5. The number of aromatic amines is 2. The summed E-state index contributed by atoms with van der Waals surface area (Å²) in [4.78, 5) is 0. The number of hydrogen-bond acceptors (Lipinski definition) is 4. The molecule has 0 bridgehead atoms. The lowest BCUT2D eigenvalue weighted by Gasteiger charge is -2.32. The summed E-state index contributed by atoms with van der Waals surface area (Å²) in [5.41, 5.74) is 9.76. The molecule has 0 saturated heterocycles. The SMILES string of the molecule is C=C/C=C\C(=C/C=C)C(C)(CC)c1ccc([B]C(C)(CC)c2ccc(-c3ccccc3)c3n[nH]nc23)c2n[nH]nc12. The second kappa shape index (κ2) is 11.5.